The van der Waals surface area contributed by atoms with Gasteiger partial charge in [0.15, 0.2) is 0 Å². The first-order valence-corrected chi connectivity index (χ1v) is 7.30. The van der Waals surface area contributed by atoms with Crippen LogP contribution in [0.5, 0.6) is 11.5 Å². The number of ether oxygens (including phenoxy) is 2. The van der Waals surface area contributed by atoms with Crippen molar-refractivity contribution in [3.8, 4) is 11.5 Å². The van der Waals surface area contributed by atoms with E-state index in [0.717, 1.165) is 17.1 Å². The molecule has 0 aromatic heterocycles. The first-order valence-electron chi connectivity index (χ1n) is 7.30. The summed E-state index contributed by atoms with van der Waals surface area (Å²) >= 11 is 0. The lowest BCUT2D eigenvalue weighted by atomic mass is 10.1. The van der Waals surface area contributed by atoms with Crippen LogP contribution in [0.4, 0.5) is 0 Å². The Balaban J connectivity index is 1.73. The maximum Gasteiger partial charge on any atom is 0.223 e. The van der Waals surface area contributed by atoms with Gasteiger partial charge >= 0.3 is 0 Å². The Hall–Kier alpha value is -2.49. The number of carbonyl (C=O) groups excluding carboxylic acids is 1. The number of nitrogens with one attached hydrogen (secondary N) is 1. The summed E-state index contributed by atoms with van der Waals surface area (Å²) in [5.74, 6) is 1.48. The van der Waals surface area contributed by atoms with E-state index in [1.807, 2.05) is 61.5 Å². The Morgan fingerprint density at radius 1 is 1.05 bits per heavy atom. The molecule has 1 N–H and O–H groups in total. The smallest absolute Gasteiger partial charge is 0.223 e. The molecule has 1 amide bonds. The quantitative estimate of drug-likeness (QED) is 0.853. The topological polar surface area (TPSA) is 47.6 Å². The highest BCUT2D eigenvalue weighted by Crippen LogP contribution is 2.17. The molecule has 0 spiro atoms. The minimum atomic E-state index is -0.0233. The van der Waals surface area contributed by atoms with Crippen molar-refractivity contribution in [2.45, 2.75) is 19.4 Å². The van der Waals surface area contributed by atoms with Crippen LogP contribution in [0.25, 0.3) is 0 Å². The molecule has 0 aliphatic carbocycles. The van der Waals surface area contributed by atoms with Crippen molar-refractivity contribution in [2.75, 3.05) is 13.7 Å². The van der Waals surface area contributed by atoms with E-state index < -0.39 is 0 Å². The zero-order valence-corrected chi connectivity index (χ0v) is 12.9. The molecule has 2 aromatic carbocycles. The molecule has 0 fully saturated rings. The Morgan fingerprint density at radius 2 is 1.68 bits per heavy atom. The Bertz CT molecular complexity index is 581. The summed E-state index contributed by atoms with van der Waals surface area (Å²) in [6, 6.07) is 17.2. The fourth-order valence-electron chi connectivity index (χ4n) is 2.07. The molecule has 2 rings (SSSR count). The van der Waals surface area contributed by atoms with Gasteiger partial charge in [0, 0.05) is 0 Å². The van der Waals surface area contributed by atoms with E-state index in [9.17, 15) is 4.79 Å². The van der Waals surface area contributed by atoms with Crippen molar-refractivity contribution in [1.82, 2.24) is 5.32 Å². The number of rotatable bonds is 7. The van der Waals surface area contributed by atoms with E-state index in [2.05, 4.69) is 5.32 Å². The molecule has 0 heterocycles. The van der Waals surface area contributed by atoms with Gasteiger partial charge in [-0.1, -0.05) is 30.3 Å². The van der Waals surface area contributed by atoms with Gasteiger partial charge in [-0.3, -0.25) is 4.79 Å². The van der Waals surface area contributed by atoms with Crippen LogP contribution in [0, 0.1) is 0 Å². The monoisotopic (exact) mass is 299 g/mol. The van der Waals surface area contributed by atoms with Crippen molar-refractivity contribution in [3.63, 3.8) is 0 Å². The van der Waals surface area contributed by atoms with E-state index >= 15 is 0 Å². The summed E-state index contributed by atoms with van der Waals surface area (Å²) in [6.45, 7) is 2.32. The molecule has 4 heteroatoms. The highest BCUT2D eigenvalue weighted by Gasteiger charge is 2.09. The molecule has 4 nitrogen and oxygen atoms in total. The van der Waals surface area contributed by atoms with Crippen LogP contribution in [0.15, 0.2) is 54.6 Å². The average molecular weight is 299 g/mol. The average Bonchev–Trinajstić information content (AvgIpc) is 2.56. The van der Waals surface area contributed by atoms with Crippen molar-refractivity contribution in [2.24, 2.45) is 0 Å². The fourth-order valence-corrected chi connectivity index (χ4v) is 2.07. The third-order valence-corrected chi connectivity index (χ3v) is 3.33. The zero-order valence-electron chi connectivity index (χ0n) is 12.9. The largest absolute Gasteiger partial charge is 0.497 e. The first-order chi connectivity index (χ1) is 10.7. The Labute approximate surface area is 131 Å². The highest BCUT2D eigenvalue weighted by molar-refractivity contribution is 5.76. The van der Waals surface area contributed by atoms with Gasteiger partial charge in [-0.05, 0) is 36.8 Å². The lowest BCUT2D eigenvalue weighted by molar-refractivity contribution is -0.122. The molecule has 1 unspecified atom stereocenters. The summed E-state index contributed by atoms with van der Waals surface area (Å²) in [4.78, 5) is 11.9. The second-order valence-corrected chi connectivity index (χ2v) is 4.97. The molecular weight excluding hydrogens is 278 g/mol. The van der Waals surface area contributed by atoms with E-state index in [4.69, 9.17) is 9.47 Å². The summed E-state index contributed by atoms with van der Waals surface area (Å²) in [5.41, 5.74) is 1.09. The van der Waals surface area contributed by atoms with Crippen molar-refractivity contribution in [1.29, 1.82) is 0 Å². The number of methoxy groups -OCH3 is 1. The molecule has 0 saturated heterocycles. The van der Waals surface area contributed by atoms with Crippen LogP contribution in [-0.2, 0) is 4.79 Å². The van der Waals surface area contributed by atoms with Gasteiger partial charge in [-0.2, -0.15) is 0 Å². The van der Waals surface area contributed by atoms with Crippen LogP contribution in [-0.4, -0.2) is 19.6 Å². The number of amides is 1. The number of benzene rings is 2. The lowest BCUT2D eigenvalue weighted by Crippen LogP contribution is -2.27. The lowest BCUT2D eigenvalue weighted by Gasteiger charge is -2.14. The molecule has 0 bridgehead atoms. The van der Waals surface area contributed by atoms with Gasteiger partial charge in [0.25, 0.3) is 0 Å². The number of hydrogen-bond donors (Lipinski definition) is 1. The Kier molecular flexibility index (Phi) is 5.83. The molecule has 22 heavy (non-hydrogen) atoms. The van der Waals surface area contributed by atoms with Gasteiger partial charge < -0.3 is 14.8 Å². The normalized spacial score (nSPS) is 11.5. The molecule has 0 radical (unpaired) electrons. The van der Waals surface area contributed by atoms with Gasteiger partial charge in [0.05, 0.1) is 26.2 Å². The predicted molar refractivity (Wildman–Crippen MR) is 86.1 cm³/mol. The van der Waals surface area contributed by atoms with Crippen LogP contribution in [0.2, 0.25) is 0 Å². The molecule has 0 aliphatic heterocycles. The highest BCUT2D eigenvalue weighted by atomic mass is 16.5. The SMILES string of the molecule is COc1ccc(OCCC(=O)NC(C)c2ccccc2)cc1. The molecule has 2 aromatic rings. The van der Waals surface area contributed by atoms with Crippen LogP contribution >= 0.6 is 0 Å². The van der Waals surface area contributed by atoms with Crippen LogP contribution in [0.3, 0.4) is 0 Å². The Morgan fingerprint density at radius 3 is 2.32 bits per heavy atom. The first kappa shape index (κ1) is 15.9. The van der Waals surface area contributed by atoms with Gasteiger partial charge in [-0.15, -0.1) is 0 Å². The maximum atomic E-state index is 11.9. The predicted octanol–water partition coefficient (Wildman–Crippen LogP) is 3.34. The van der Waals surface area contributed by atoms with E-state index in [-0.39, 0.29) is 11.9 Å². The third kappa shape index (κ3) is 4.81. The molecule has 116 valence electrons. The van der Waals surface area contributed by atoms with Crippen molar-refractivity contribution >= 4 is 5.91 Å². The summed E-state index contributed by atoms with van der Waals surface area (Å²) in [7, 11) is 1.62. The molecule has 0 saturated carbocycles. The standard InChI is InChI=1S/C18H21NO3/c1-14(15-6-4-3-5-7-15)19-18(20)12-13-22-17-10-8-16(21-2)9-11-17/h3-11,14H,12-13H2,1-2H3,(H,19,20). The number of carbonyl (C=O) groups is 1. The summed E-state index contributed by atoms with van der Waals surface area (Å²) in [6.07, 6.45) is 0.323. The maximum absolute atomic E-state index is 11.9. The van der Waals surface area contributed by atoms with E-state index in [1.54, 1.807) is 7.11 Å². The van der Waals surface area contributed by atoms with Gasteiger partial charge in [-0.25, -0.2) is 0 Å². The molecular formula is C18H21NO3. The van der Waals surface area contributed by atoms with E-state index in [1.165, 1.54) is 0 Å². The fraction of sp³-hybridized carbons (Fsp3) is 0.278. The molecule has 1 atom stereocenters. The summed E-state index contributed by atoms with van der Waals surface area (Å²) in [5, 5.41) is 2.96. The second-order valence-electron chi connectivity index (χ2n) is 4.97. The number of hydrogen-bond acceptors (Lipinski definition) is 3. The minimum absolute atomic E-state index is 0.00492. The minimum Gasteiger partial charge on any atom is -0.497 e. The summed E-state index contributed by atoms with van der Waals surface area (Å²) < 4.78 is 10.6. The third-order valence-electron chi connectivity index (χ3n) is 3.33. The van der Waals surface area contributed by atoms with Crippen molar-refractivity contribution in [3.05, 3.63) is 60.2 Å². The van der Waals surface area contributed by atoms with Gasteiger partial charge in [0.2, 0.25) is 5.91 Å². The second kappa shape index (κ2) is 8.08. The van der Waals surface area contributed by atoms with Gasteiger partial charge in [0.1, 0.15) is 11.5 Å². The van der Waals surface area contributed by atoms with Crippen LogP contribution in [0.1, 0.15) is 24.9 Å². The van der Waals surface area contributed by atoms with Crippen LogP contribution < -0.4 is 14.8 Å². The van der Waals surface area contributed by atoms with E-state index in [0.29, 0.717) is 13.0 Å². The van der Waals surface area contributed by atoms with Crippen molar-refractivity contribution < 1.29 is 14.3 Å². The molecule has 0 aliphatic rings. The zero-order chi connectivity index (χ0) is 15.8.